The maximum absolute atomic E-state index is 10.2. The number of hydrogen-bond acceptors (Lipinski definition) is 4. The van der Waals surface area contributed by atoms with Crippen LogP contribution in [0.3, 0.4) is 0 Å². The lowest BCUT2D eigenvalue weighted by Crippen LogP contribution is -1.94. The zero-order valence-corrected chi connectivity index (χ0v) is 5.49. The summed E-state index contributed by atoms with van der Waals surface area (Å²) in [6.07, 6.45) is 0. The molecule has 0 bridgehead atoms. The first-order valence-electron chi connectivity index (χ1n) is 1.40. The first-order valence-corrected chi connectivity index (χ1v) is 3.37. The van der Waals surface area contributed by atoms with E-state index >= 15 is 0 Å². The van der Waals surface area contributed by atoms with Gasteiger partial charge in [0.1, 0.15) is 0 Å². The SMILES string of the molecule is COP(N)(=O)OS. The van der Waals surface area contributed by atoms with Gasteiger partial charge in [-0.05, 0) is 12.9 Å². The van der Waals surface area contributed by atoms with Gasteiger partial charge in [0.05, 0.1) is 0 Å². The van der Waals surface area contributed by atoms with Crippen molar-refractivity contribution in [2.45, 2.75) is 0 Å². The minimum absolute atomic E-state index is 1.18. The lowest BCUT2D eigenvalue weighted by atomic mass is 11.8. The molecule has 7 heavy (non-hydrogen) atoms. The summed E-state index contributed by atoms with van der Waals surface area (Å²) in [5.74, 6) is 0. The molecule has 0 aromatic heterocycles. The third-order valence-corrected chi connectivity index (χ3v) is 1.79. The number of hydrogen-bond donors (Lipinski definition) is 2. The van der Waals surface area contributed by atoms with Gasteiger partial charge in [-0.3, -0.25) is 4.52 Å². The Kier molecular flexibility index (Phi) is 2.87. The quantitative estimate of drug-likeness (QED) is 0.337. The molecule has 0 fully saturated rings. The number of nitrogens with two attached hydrogens (primary N) is 1. The van der Waals surface area contributed by atoms with Crippen LogP contribution in [0.2, 0.25) is 0 Å². The van der Waals surface area contributed by atoms with Gasteiger partial charge in [-0.2, -0.15) is 0 Å². The van der Waals surface area contributed by atoms with Crippen molar-refractivity contribution < 1.29 is 13.1 Å². The zero-order chi connectivity index (χ0) is 5.91. The summed E-state index contributed by atoms with van der Waals surface area (Å²) in [4.78, 5) is 0. The Morgan fingerprint density at radius 3 is 2.29 bits per heavy atom. The second-order valence-corrected chi connectivity index (χ2v) is 2.90. The van der Waals surface area contributed by atoms with Crippen molar-refractivity contribution in [2.24, 2.45) is 5.50 Å². The van der Waals surface area contributed by atoms with Crippen LogP contribution in [-0.4, -0.2) is 7.11 Å². The molecule has 44 valence electrons. The van der Waals surface area contributed by atoms with Gasteiger partial charge in [0.25, 0.3) is 0 Å². The maximum atomic E-state index is 10.2. The second kappa shape index (κ2) is 2.69. The molecule has 0 aromatic rings. The Balaban J connectivity index is 3.61. The predicted molar refractivity (Wildman–Crippen MR) is 28.9 cm³/mol. The van der Waals surface area contributed by atoms with E-state index in [1.165, 1.54) is 7.11 Å². The Hall–Kier alpha value is 0.460. The van der Waals surface area contributed by atoms with Crippen LogP contribution in [0.1, 0.15) is 0 Å². The molecule has 0 saturated heterocycles. The molecule has 0 amide bonds. The zero-order valence-electron chi connectivity index (χ0n) is 3.70. The highest BCUT2D eigenvalue weighted by Crippen LogP contribution is 2.38. The maximum Gasteiger partial charge on any atom is 0.413 e. The average molecular weight is 143 g/mol. The van der Waals surface area contributed by atoms with Crippen molar-refractivity contribution in [3.05, 3.63) is 0 Å². The summed E-state index contributed by atoms with van der Waals surface area (Å²) in [7, 11) is -2.11. The van der Waals surface area contributed by atoms with Crippen molar-refractivity contribution in [1.29, 1.82) is 0 Å². The van der Waals surface area contributed by atoms with Crippen LogP contribution in [0.5, 0.6) is 0 Å². The van der Waals surface area contributed by atoms with Crippen LogP contribution in [0.4, 0.5) is 0 Å². The fourth-order valence-electron chi connectivity index (χ4n) is 0.0333. The fourth-order valence-corrected chi connectivity index (χ4v) is 0.300. The van der Waals surface area contributed by atoms with E-state index in [0.29, 0.717) is 0 Å². The van der Waals surface area contributed by atoms with Crippen molar-refractivity contribution in [3.8, 4) is 0 Å². The van der Waals surface area contributed by atoms with Gasteiger partial charge in [-0.15, -0.1) is 0 Å². The lowest BCUT2D eigenvalue weighted by Gasteiger charge is -2.02. The molecule has 0 rings (SSSR count). The Labute approximate surface area is 47.2 Å². The summed E-state index contributed by atoms with van der Waals surface area (Å²) < 4.78 is 18.2. The van der Waals surface area contributed by atoms with E-state index in [1.54, 1.807) is 0 Å². The summed E-state index contributed by atoms with van der Waals surface area (Å²) in [5, 5.41) is 0. The van der Waals surface area contributed by atoms with Crippen molar-refractivity contribution in [3.63, 3.8) is 0 Å². The summed E-state index contributed by atoms with van der Waals surface area (Å²) >= 11 is 3.17. The van der Waals surface area contributed by atoms with Crippen LogP contribution >= 0.6 is 20.7 Å². The molecule has 0 heterocycles. The minimum atomic E-state index is -3.29. The molecular weight excluding hydrogens is 137 g/mol. The molecule has 0 spiro atoms. The molecule has 0 aromatic carbocycles. The van der Waals surface area contributed by atoms with E-state index in [1.807, 2.05) is 0 Å². The molecule has 0 aliphatic heterocycles. The molecule has 0 saturated carbocycles. The van der Waals surface area contributed by atoms with Gasteiger partial charge in [-0.1, -0.05) is 0 Å². The monoisotopic (exact) mass is 143 g/mol. The van der Waals surface area contributed by atoms with Crippen LogP contribution in [0, 0.1) is 0 Å². The largest absolute Gasteiger partial charge is 0.413 e. The van der Waals surface area contributed by atoms with Gasteiger partial charge in [0.2, 0.25) is 0 Å². The van der Waals surface area contributed by atoms with E-state index in [9.17, 15) is 4.57 Å². The van der Waals surface area contributed by atoms with E-state index < -0.39 is 7.75 Å². The molecule has 0 aliphatic rings. The molecular formula is CH6NO3PS. The standard InChI is InChI=1S/CH6NO3PS/c1-4-6(2,3)5-7/h7H,1H3,(H2,2,3). The number of rotatable bonds is 2. The van der Waals surface area contributed by atoms with E-state index in [0.717, 1.165) is 0 Å². The van der Waals surface area contributed by atoms with Crippen molar-refractivity contribution in [2.75, 3.05) is 7.11 Å². The number of thiol groups is 1. The predicted octanol–water partition coefficient (Wildman–Crippen LogP) is 0.561. The fraction of sp³-hybridized carbons (Fsp3) is 1.00. The Bertz CT molecular complexity index is 86.9. The van der Waals surface area contributed by atoms with Crippen LogP contribution in [0.15, 0.2) is 0 Å². The highest BCUT2D eigenvalue weighted by atomic mass is 32.1. The third-order valence-electron chi connectivity index (χ3n) is 0.368. The molecule has 6 heteroatoms. The van der Waals surface area contributed by atoms with Crippen molar-refractivity contribution in [1.82, 2.24) is 0 Å². The summed E-state index contributed by atoms with van der Waals surface area (Å²) in [6, 6.07) is 0. The molecule has 0 aliphatic carbocycles. The average Bonchev–Trinajstić information content (AvgIpc) is 1.68. The van der Waals surface area contributed by atoms with Crippen LogP contribution in [-0.2, 0) is 13.1 Å². The first-order chi connectivity index (χ1) is 3.12. The molecule has 2 N–H and O–H groups in total. The van der Waals surface area contributed by atoms with Gasteiger partial charge >= 0.3 is 7.75 Å². The van der Waals surface area contributed by atoms with Crippen LogP contribution in [0.25, 0.3) is 0 Å². The van der Waals surface area contributed by atoms with Gasteiger partial charge in [0, 0.05) is 7.11 Å². The Morgan fingerprint density at radius 1 is 1.86 bits per heavy atom. The highest BCUT2D eigenvalue weighted by Gasteiger charge is 2.11. The van der Waals surface area contributed by atoms with E-state index in [-0.39, 0.29) is 0 Å². The summed E-state index contributed by atoms with van der Waals surface area (Å²) in [5.41, 5.74) is 4.75. The normalized spacial score (nSPS) is 18.7. The smallest absolute Gasteiger partial charge is 0.300 e. The van der Waals surface area contributed by atoms with Gasteiger partial charge in [-0.25, -0.2) is 14.0 Å². The third kappa shape index (κ3) is 3.08. The van der Waals surface area contributed by atoms with Crippen LogP contribution < -0.4 is 5.50 Å². The summed E-state index contributed by atoms with van der Waals surface area (Å²) in [6.45, 7) is 0. The van der Waals surface area contributed by atoms with E-state index in [4.69, 9.17) is 5.50 Å². The van der Waals surface area contributed by atoms with Gasteiger partial charge in [0.15, 0.2) is 0 Å². The molecule has 1 unspecified atom stereocenters. The second-order valence-electron chi connectivity index (χ2n) is 0.804. The van der Waals surface area contributed by atoms with Gasteiger partial charge < -0.3 is 0 Å². The molecule has 4 nitrogen and oxygen atoms in total. The first kappa shape index (κ1) is 7.46. The topological polar surface area (TPSA) is 61.5 Å². The minimum Gasteiger partial charge on any atom is -0.300 e. The van der Waals surface area contributed by atoms with E-state index in [2.05, 4.69) is 21.4 Å². The molecule has 1 atom stereocenters. The lowest BCUT2D eigenvalue weighted by molar-refractivity contribution is 0.338. The highest BCUT2D eigenvalue weighted by molar-refractivity contribution is 7.81. The Morgan fingerprint density at radius 2 is 2.29 bits per heavy atom. The van der Waals surface area contributed by atoms with Crippen molar-refractivity contribution >= 4 is 20.7 Å². The molecule has 0 radical (unpaired) electrons.